The average Bonchev–Trinajstić information content (AvgIpc) is 1.88. The number of hydrogen-bond acceptors (Lipinski definition) is 3. The largest absolute Gasteiger partial charge is 0.353 e. The van der Waals surface area contributed by atoms with Gasteiger partial charge in [-0.1, -0.05) is 0 Å². The fourth-order valence-corrected chi connectivity index (χ4v) is 1.46. The van der Waals surface area contributed by atoms with E-state index in [0.29, 0.717) is 13.2 Å². The van der Waals surface area contributed by atoms with Crippen LogP contribution >= 0.6 is 0 Å². The van der Waals surface area contributed by atoms with Gasteiger partial charge in [0.1, 0.15) is 0 Å². The van der Waals surface area contributed by atoms with E-state index in [2.05, 4.69) is 0 Å². The third-order valence-corrected chi connectivity index (χ3v) is 3.18. The Balaban J connectivity index is 4.01. The molecule has 68 valence electrons. The van der Waals surface area contributed by atoms with Gasteiger partial charge in [-0.15, -0.1) is 0 Å². The van der Waals surface area contributed by atoms with Crippen LogP contribution in [0.15, 0.2) is 0 Å². The Morgan fingerprint density at radius 2 is 1.73 bits per heavy atom. The lowest BCUT2D eigenvalue weighted by molar-refractivity contribution is -0.182. The zero-order valence-electron chi connectivity index (χ0n) is 7.89. The average molecular weight is 177 g/mol. The van der Waals surface area contributed by atoms with E-state index in [1.54, 1.807) is 0 Å². The summed E-state index contributed by atoms with van der Waals surface area (Å²) in [4.78, 5) is 0. The third kappa shape index (κ3) is 3.33. The van der Waals surface area contributed by atoms with Crippen molar-refractivity contribution in [2.24, 2.45) is 5.73 Å². The molecule has 0 heterocycles. The van der Waals surface area contributed by atoms with E-state index in [-0.39, 0.29) is 6.04 Å². The highest BCUT2D eigenvalue weighted by Gasteiger charge is 2.28. The number of nitrogens with two attached hydrogens (primary N) is 1. The van der Waals surface area contributed by atoms with Gasteiger partial charge in [0, 0.05) is 13.2 Å². The lowest BCUT2D eigenvalue weighted by atomic mass is 10.3. The van der Waals surface area contributed by atoms with Gasteiger partial charge in [-0.25, -0.2) is 0 Å². The van der Waals surface area contributed by atoms with Crippen molar-refractivity contribution in [1.82, 2.24) is 0 Å². The van der Waals surface area contributed by atoms with Gasteiger partial charge in [0.2, 0.25) is 0 Å². The topological polar surface area (TPSA) is 44.5 Å². The Kier molecular flexibility index (Phi) is 4.91. The molecule has 0 saturated heterocycles. The van der Waals surface area contributed by atoms with Crippen LogP contribution in [0, 0.1) is 0 Å². The van der Waals surface area contributed by atoms with Crippen LogP contribution in [0.3, 0.4) is 0 Å². The van der Waals surface area contributed by atoms with Crippen molar-refractivity contribution in [3.8, 4) is 0 Å². The number of hydrogen-bond donors (Lipinski definition) is 1. The minimum atomic E-state index is -0.483. The van der Waals surface area contributed by atoms with Crippen molar-refractivity contribution in [3.63, 3.8) is 0 Å². The van der Waals surface area contributed by atoms with Crippen LogP contribution in [0.25, 0.3) is 0 Å². The molecule has 0 aliphatic heterocycles. The minimum absolute atomic E-state index is 0.0472. The molecule has 0 aliphatic rings. The van der Waals surface area contributed by atoms with Gasteiger partial charge < -0.3 is 15.2 Å². The van der Waals surface area contributed by atoms with Crippen molar-refractivity contribution < 1.29 is 9.47 Å². The van der Waals surface area contributed by atoms with Gasteiger partial charge >= 0.3 is 0 Å². The maximum atomic E-state index is 5.73. The molecule has 0 rings (SSSR count). The van der Waals surface area contributed by atoms with Crippen LogP contribution in [0.5, 0.6) is 0 Å². The molecule has 0 bridgehead atoms. The fourth-order valence-electron chi connectivity index (χ4n) is 0.878. The molecular formula is C7H19NO2Si. The van der Waals surface area contributed by atoms with Gasteiger partial charge in [0.05, 0.1) is 16.3 Å². The summed E-state index contributed by atoms with van der Waals surface area (Å²) in [6.45, 7) is 7.14. The van der Waals surface area contributed by atoms with Gasteiger partial charge in [0.15, 0.2) is 5.41 Å². The van der Waals surface area contributed by atoms with Crippen LogP contribution in [0.4, 0.5) is 0 Å². The van der Waals surface area contributed by atoms with Crippen molar-refractivity contribution in [3.05, 3.63) is 0 Å². The summed E-state index contributed by atoms with van der Waals surface area (Å²) >= 11 is 0. The molecule has 1 atom stereocenters. The molecule has 0 saturated carbocycles. The van der Waals surface area contributed by atoms with Crippen LogP contribution in [0.2, 0.25) is 0 Å². The van der Waals surface area contributed by atoms with Crippen LogP contribution in [-0.4, -0.2) is 34.9 Å². The van der Waals surface area contributed by atoms with Gasteiger partial charge in [-0.2, -0.15) is 0 Å². The van der Waals surface area contributed by atoms with Gasteiger partial charge in [-0.05, 0) is 20.8 Å². The van der Waals surface area contributed by atoms with E-state index in [1.165, 1.54) is 0 Å². The zero-order valence-corrected chi connectivity index (χ0v) is 9.89. The molecule has 4 heteroatoms. The quantitative estimate of drug-likeness (QED) is 0.452. The summed E-state index contributed by atoms with van der Waals surface area (Å²) in [6.07, 6.45) is 0. The predicted molar refractivity (Wildman–Crippen MR) is 49.6 cm³/mol. The maximum Gasteiger partial charge on any atom is 0.155 e. The van der Waals surface area contributed by atoms with E-state index < -0.39 is 5.41 Å². The van der Waals surface area contributed by atoms with Crippen molar-refractivity contribution in [1.29, 1.82) is 0 Å². The second-order valence-corrected chi connectivity index (χ2v) is 4.06. The Morgan fingerprint density at radius 1 is 1.36 bits per heavy atom. The minimum Gasteiger partial charge on any atom is -0.353 e. The molecule has 2 N–H and O–H groups in total. The molecular weight excluding hydrogens is 158 g/mol. The molecule has 0 aromatic carbocycles. The Hall–Kier alpha value is 0.0969. The fraction of sp³-hybridized carbons (Fsp3) is 1.00. The van der Waals surface area contributed by atoms with E-state index in [4.69, 9.17) is 15.2 Å². The third-order valence-electron chi connectivity index (χ3n) is 1.69. The molecule has 0 radical (unpaired) electrons. The first-order valence-electron chi connectivity index (χ1n) is 4.10. The Labute approximate surface area is 71.7 Å². The highest BCUT2D eigenvalue weighted by Crippen LogP contribution is 2.11. The SMILES string of the molecule is CCOC([SiH3])(OCC)C(C)N. The van der Waals surface area contributed by atoms with Crippen molar-refractivity contribution >= 4 is 10.2 Å². The molecule has 0 aromatic rings. The van der Waals surface area contributed by atoms with Gasteiger partial charge in [-0.3, -0.25) is 0 Å². The second-order valence-electron chi connectivity index (χ2n) is 2.67. The first-order valence-corrected chi connectivity index (χ1v) is 5.10. The lowest BCUT2D eigenvalue weighted by Gasteiger charge is -2.33. The van der Waals surface area contributed by atoms with E-state index >= 15 is 0 Å². The van der Waals surface area contributed by atoms with E-state index in [0.717, 1.165) is 10.2 Å². The van der Waals surface area contributed by atoms with Gasteiger partial charge in [0.25, 0.3) is 0 Å². The van der Waals surface area contributed by atoms with Crippen LogP contribution < -0.4 is 5.73 Å². The Bertz CT molecular complexity index is 103. The summed E-state index contributed by atoms with van der Waals surface area (Å²) < 4.78 is 10.9. The van der Waals surface area contributed by atoms with E-state index in [1.807, 2.05) is 20.8 Å². The number of rotatable bonds is 5. The normalized spacial score (nSPS) is 15.3. The highest BCUT2D eigenvalue weighted by atomic mass is 28.1. The summed E-state index contributed by atoms with van der Waals surface area (Å²) in [5.74, 6) is 0. The second kappa shape index (κ2) is 4.87. The monoisotopic (exact) mass is 177 g/mol. The lowest BCUT2D eigenvalue weighted by Crippen LogP contribution is -2.51. The first-order chi connectivity index (χ1) is 5.06. The summed E-state index contributed by atoms with van der Waals surface area (Å²) in [7, 11) is 0.803. The standard InChI is InChI=1S/C7H19NO2Si/c1-4-9-7(11,6(3)8)10-5-2/h6H,4-5,8H2,1-3,11H3. The van der Waals surface area contributed by atoms with Crippen LogP contribution in [0.1, 0.15) is 20.8 Å². The molecule has 0 spiro atoms. The first kappa shape index (κ1) is 11.1. The van der Waals surface area contributed by atoms with E-state index in [9.17, 15) is 0 Å². The summed E-state index contributed by atoms with van der Waals surface area (Å²) in [5.41, 5.74) is 5.25. The van der Waals surface area contributed by atoms with Crippen molar-refractivity contribution in [2.75, 3.05) is 13.2 Å². The molecule has 0 aliphatic carbocycles. The summed E-state index contributed by atoms with van der Waals surface area (Å²) in [6, 6.07) is -0.0472. The molecule has 11 heavy (non-hydrogen) atoms. The number of ether oxygens (including phenoxy) is 2. The zero-order chi connectivity index (χ0) is 8.91. The molecule has 0 amide bonds. The smallest absolute Gasteiger partial charge is 0.155 e. The van der Waals surface area contributed by atoms with Crippen molar-refractivity contribution in [2.45, 2.75) is 32.2 Å². The van der Waals surface area contributed by atoms with Crippen LogP contribution in [-0.2, 0) is 9.47 Å². The predicted octanol–water partition coefficient (Wildman–Crippen LogP) is -0.574. The maximum absolute atomic E-state index is 5.73. The highest BCUT2D eigenvalue weighted by molar-refractivity contribution is 6.13. The molecule has 3 nitrogen and oxygen atoms in total. The molecule has 1 unspecified atom stereocenters. The Morgan fingerprint density at radius 3 is 1.91 bits per heavy atom. The summed E-state index contributed by atoms with van der Waals surface area (Å²) in [5, 5.41) is 0. The molecule has 0 fully saturated rings. The molecule has 0 aromatic heterocycles.